The molecule has 3 aliphatic heterocycles. The lowest BCUT2D eigenvalue weighted by Crippen LogP contribution is -2.52. The van der Waals surface area contributed by atoms with Crippen LogP contribution in [0, 0.1) is 12.8 Å². The summed E-state index contributed by atoms with van der Waals surface area (Å²) in [6, 6.07) is 13.6. The van der Waals surface area contributed by atoms with Crippen molar-refractivity contribution in [1.82, 2.24) is 4.90 Å². The average Bonchev–Trinajstić information content (AvgIpc) is 2.95. The van der Waals surface area contributed by atoms with Crippen LogP contribution in [0.25, 0.3) is 21.9 Å². The van der Waals surface area contributed by atoms with Crippen LogP contribution in [-0.2, 0) is 0 Å². The van der Waals surface area contributed by atoms with Gasteiger partial charge < -0.3 is 9.32 Å². The fourth-order valence-corrected chi connectivity index (χ4v) is 5.11. The standard InChI is InChI=1S/C21H23NO/c1-13-7-8-17-16-5-3-4-6-18(16)23-21(17)19(13)20-14(2)22-11-9-15(20)10-12-22/h3-8,14-15,20H,9-12H2,1-2H3/t14-,20?/m1/s1. The van der Waals surface area contributed by atoms with E-state index in [1.807, 2.05) is 0 Å². The van der Waals surface area contributed by atoms with E-state index in [4.69, 9.17) is 4.42 Å². The van der Waals surface area contributed by atoms with Gasteiger partial charge in [-0.3, -0.25) is 0 Å². The van der Waals surface area contributed by atoms with Crippen molar-refractivity contribution < 1.29 is 4.42 Å². The summed E-state index contributed by atoms with van der Waals surface area (Å²) >= 11 is 0. The molecular formula is C21H23NO. The van der Waals surface area contributed by atoms with Gasteiger partial charge in [0.25, 0.3) is 0 Å². The van der Waals surface area contributed by atoms with Gasteiger partial charge in [0.05, 0.1) is 0 Å². The van der Waals surface area contributed by atoms with E-state index in [0.717, 1.165) is 17.1 Å². The Balaban J connectivity index is 1.79. The van der Waals surface area contributed by atoms with E-state index in [2.05, 4.69) is 55.1 Å². The first-order valence-corrected chi connectivity index (χ1v) is 8.89. The van der Waals surface area contributed by atoms with Crippen LogP contribution in [0.5, 0.6) is 0 Å². The molecule has 3 saturated heterocycles. The number of hydrogen-bond donors (Lipinski definition) is 0. The molecule has 1 aromatic heterocycles. The van der Waals surface area contributed by atoms with Crippen LogP contribution < -0.4 is 0 Å². The van der Waals surface area contributed by atoms with Gasteiger partial charge in [-0.05, 0) is 57.3 Å². The van der Waals surface area contributed by atoms with E-state index in [1.54, 1.807) is 0 Å². The van der Waals surface area contributed by atoms with E-state index in [1.165, 1.54) is 47.8 Å². The second-order valence-electron chi connectivity index (χ2n) is 7.41. The Bertz CT molecular complexity index is 883. The van der Waals surface area contributed by atoms with Gasteiger partial charge in [-0.15, -0.1) is 0 Å². The van der Waals surface area contributed by atoms with Crippen LogP contribution in [0.2, 0.25) is 0 Å². The minimum atomic E-state index is 0.613. The maximum Gasteiger partial charge on any atom is 0.139 e. The van der Waals surface area contributed by atoms with E-state index < -0.39 is 0 Å². The predicted molar refractivity (Wildman–Crippen MR) is 95.0 cm³/mol. The number of rotatable bonds is 1. The largest absolute Gasteiger partial charge is 0.456 e. The van der Waals surface area contributed by atoms with Gasteiger partial charge in [-0.25, -0.2) is 0 Å². The summed E-state index contributed by atoms with van der Waals surface area (Å²) in [7, 11) is 0. The normalized spacial score (nSPS) is 30.3. The van der Waals surface area contributed by atoms with E-state index in [-0.39, 0.29) is 0 Å². The number of piperidine rings is 3. The smallest absolute Gasteiger partial charge is 0.139 e. The Morgan fingerprint density at radius 2 is 1.78 bits per heavy atom. The molecule has 2 atom stereocenters. The molecule has 2 bridgehead atoms. The molecule has 0 amide bonds. The van der Waals surface area contributed by atoms with Crippen molar-refractivity contribution in [1.29, 1.82) is 0 Å². The highest BCUT2D eigenvalue weighted by atomic mass is 16.3. The van der Waals surface area contributed by atoms with Crippen molar-refractivity contribution in [2.24, 2.45) is 5.92 Å². The van der Waals surface area contributed by atoms with Gasteiger partial charge >= 0.3 is 0 Å². The molecule has 3 aromatic rings. The van der Waals surface area contributed by atoms with Crippen LogP contribution in [0.4, 0.5) is 0 Å². The number of nitrogens with zero attached hydrogens (tertiary/aromatic N) is 1. The molecule has 3 fully saturated rings. The van der Waals surface area contributed by atoms with Crippen molar-refractivity contribution in [2.75, 3.05) is 13.1 Å². The quantitative estimate of drug-likeness (QED) is 0.622. The van der Waals surface area contributed by atoms with Crippen LogP contribution in [0.15, 0.2) is 40.8 Å². The number of fused-ring (bicyclic) bond motifs is 6. The van der Waals surface area contributed by atoms with Crippen LogP contribution in [-0.4, -0.2) is 24.0 Å². The van der Waals surface area contributed by atoms with E-state index in [9.17, 15) is 0 Å². The van der Waals surface area contributed by atoms with Crippen molar-refractivity contribution in [3.63, 3.8) is 0 Å². The molecule has 23 heavy (non-hydrogen) atoms. The summed E-state index contributed by atoms with van der Waals surface area (Å²) in [5.74, 6) is 1.43. The summed E-state index contributed by atoms with van der Waals surface area (Å²) in [6.45, 7) is 7.22. The minimum Gasteiger partial charge on any atom is -0.456 e. The molecule has 3 aliphatic rings. The van der Waals surface area contributed by atoms with E-state index in [0.29, 0.717) is 12.0 Å². The lowest BCUT2D eigenvalue weighted by molar-refractivity contribution is 0.0350. The second-order valence-corrected chi connectivity index (χ2v) is 7.41. The molecule has 1 unspecified atom stereocenters. The Hall–Kier alpha value is -1.80. The summed E-state index contributed by atoms with van der Waals surface area (Å²) in [6.07, 6.45) is 2.68. The molecule has 0 saturated carbocycles. The molecule has 2 heteroatoms. The molecule has 0 aliphatic carbocycles. The zero-order valence-corrected chi connectivity index (χ0v) is 13.9. The third-order valence-corrected chi connectivity index (χ3v) is 6.31. The maximum absolute atomic E-state index is 6.36. The monoisotopic (exact) mass is 305 g/mol. The van der Waals surface area contributed by atoms with Gasteiger partial charge in [-0.2, -0.15) is 0 Å². The van der Waals surface area contributed by atoms with Gasteiger partial charge in [0.2, 0.25) is 0 Å². The zero-order valence-electron chi connectivity index (χ0n) is 13.9. The summed E-state index contributed by atoms with van der Waals surface area (Å²) < 4.78 is 6.36. The molecule has 4 heterocycles. The van der Waals surface area contributed by atoms with Crippen molar-refractivity contribution in [2.45, 2.75) is 38.6 Å². The highest BCUT2D eigenvalue weighted by Crippen LogP contribution is 2.47. The van der Waals surface area contributed by atoms with Crippen LogP contribution in [0.1, 0.15) is 36.8 Å². The second kappa shape index (κ2) is 4.85. The number of aryl methyl sites for hydroxylation is 1. The molecule has 2 aromatic carbocycles. The summed E-state index contributed by atoms with van der Waals surface area (Å²) in [5, 5.41) is 2.53. The number of para-hydroxylation sites is 1. The Labute approximate surface area is 137 Å². The molecular weight excluding hydrogens is 282 g/mol. The first kappa shape index (κ1) is 13.6. The molecule has 0 radical (unpaired) electrons. The Morgan fingerprint density at radius 1 is 1.00 bits per heavy atom. The first-order valence-electron chi connectivity index (χ1n) is 8.89. The molecule has 0 spiro atoms. The fourth-order valence-electron chi connectivity index (χ4n) is 5.11. The van der Waals surface area contributed by atoms with Crippen molar-refractivity contribution >= 4 is 21.9 Å². The molecule has 0 N–H and O–H groups in total. The molecule has 118 valence electrons. The first-order chi connectivity index (χ1) is 11.2. The third-order valence-electron chi connectivity index (χ3n) is 6.31. The molecule has 2 nitrogen and oxygen atoms in total. The Kier molecular flexibility index (Phi) is 2.87. The summed E-state index contributed by atoms with van der Waals surface area (Å²) in [4.78, 5) is 2.67. The van der Waals surface area contributed by atoms with E-state index >= 15 is 0 Å². The lowest BCUT2D eigenvalue weighted by atomic mass is 9.70. The number of furan rings is 1. The minimum absolute atomic E-state index is 0.613. The number of hydrogen-bond acceptors (Lipinski definition) is 2. The maximum atomic E-state index is 6.36. The predicted octanol–water partition coefficient (Wildman–Crippen LogP) is 5.09. The zero-order chi connectivity index (χ0) is 15.6. The van der Waals surface area contributed by atoms with Crippen molar-refractivity contribution in [3.05, 3.63) is 47.5 Å². The summed E-state index contributed by atoms with van der Waals surface area (Å²) in [5.41, 5.74) is 5.02. The van der Waals surface area contributed by atoms with Crippen LogP contribution in [0.3, 0.4) is 0 Å². The lowest BCUT2D eigenvalue weighted by Gasteiger charge is -2.50. The van der Waals surface area contributed by atoms with Gasteiger partial charge in [0.1, 0.15) is 11.2 Å². The highest BCUT2D eigenvalue weighted by molar-refractivity contribution is 6.06. The average molecular weight is 305 g/mol. The van der Waals surface area contributed by atoms with Gasteiger partial charge in [-0.1, -0.05) is 30.3 Å². The number of benzene rings is 2. The highest BCUT2D eigenvalue weighted by Gasteiger charge is 2.42. The molecule has 6 rings (SSSR count). The van der Waals surface area contributed by atoms with Gasteiger partial charge in [0.15, 0.2) is 0 Å². The van der Waals surface area contributed by atoms with Gasteiger partial charge in [0, 0.05) is 28.3 Å². The SMILES string of the molecule is Cc1ccc2c(oc3ccccc32)c1C1C2CCN(CC2)[C@@H]1C. The topological polar surface area (TPSA) is 16.4 Å². The van der Waals surface area contributed by atoms with Crippen molar-refractivity contribution in [3.8, 4) is 0 Å². The third kappa shape index (κ3) is 1.85. The Morgan fingerprint density at radius 3 is 2.57 bits per heavy atom. The fraction of sp³-hybridized carbons (Fsp3) is 0.429. The van der Waals surface area contributed by atoms with Crippen LogP contribution >= 0.6 is 0 Å².